The van der Waals surface area contributed by atoms with Gasteiger partial charge in [-0.15, -0.1) is 10.2 Å². The Kier molecular flexibility index (Phi) is 7.81. The predicted octanol–water partition coefficient (Wildman–Crippen LogP) is 6.61. The van der Waals surface area contributed by atoms with Gasteiger partial charge in [0.25, 0.3) is 0 Å². The van der Waals surface area contributed by atoms with Crippen molar-refractivity contribution in [1.29, 1.82) is 0 Å². The smallest absolute Gasteiger partial charge is 0.220 e. The summed E-state index contributed by atoms with van der Waals surface area (Å²) >= 11 is 1.59. The van der Waals surface area contributed by atoms with E-state index in [0.717, 1.165) is 27.7 Å². The molecule has 0 aliphatic rings. The number of nitrogens with one attached hydrogen (secondary N) is 1. The SMILES string of the molecule is Cc1ccc(-n2c(SCCCC(=O)NC(c3ccccc3)c3ccccc3)nnc2-c2ccco2)cc1. The Morgan fingerprint density at radius 3 is 2.19 bits per heavy atom. The quantitative estimate of drug-likeness (QED) is 0.170. The molecule has 0 fully saturated rings. The molecule has 0 atom stereocenters. The van der Waals surface area contributed by atoms with Crippen molar-refractivity contribution < 1.29 is 9.21 Å². The van der Waals surface area contributed by atoms with E-state index in [1.807, 2.05) is 77.4 Å². The molecule has 1 N–H and O–H groups in total. The number of nitrogens with zero attached hydrogens (tertiary/aromatic N) is 3. The third-order valence-electron chi connectivity index (χ3n) is 6.02. The topological polar surface area (TPSA) is 73.0 Å². The van der Waals surface area contributed by atoms with Crippen LogP contribution >= 0.6 is 11.8 Å². The fraction of sp³-hybridized carbons (Fsp3) is 0.167. The lowest BCUT2D eigenvalue weighted by Crippen LogP contribution is -2.29. The molecule has 2 aromatic heterocycles. The number of thioether (sulfide) groups is 1. The molecule has 0 saturated heterocycles. The third kappa shape index (κ3) is 6.01. The fourth-order valence-corrected chi connectivity index (χ4v) is 5.03. The lowest BCUT2D eigenvalue weighted by molar-refractivity contribution is -0.121. The van der Waals surface area contributed by atoms with E-state index in [1.165, 1.54) is 5.56 Å². The van der Waals surface area contributed by atoms with E-state index in [1.54, 1.807) is 18.0 Å². The Morgan fingerprint density at radius 2 is 1.57 bits per heavy atom. The Morgan fingerprint density at radius 1 is 0.892 bits per heavy atom. The average molecular weight is 509 g/mol. The first-order valence-corrected chi connectivity index (χ1v) is 13.3. The Hall–Kier alpha value is -4.10. The van der Waals surface area contributed by atoms with Gasteiger partial charge in [0.15, 0.2) is 10.9 Å². The molecule has 0 aliphatic heterocycles. The molecule has 3 aromatic carbocycles. The first kappa shape index (κ1) is 24.6. The lowest BCUT2D eigenvalue weighted by Gasteiger charge is -2.20. The number of aryl methyl sites for hydroxylation is 1. The summed E-state index contributed by atoms with van der Waals surface area (Å²) in [6, 6.07) is 31.9. The lowest BCUT2D eigenvalue weighted by atomic mass is 9.98. The zero-order valence-corrected chi connectivity index (χ0v) is 21.4. The maximum absolute atomic E-state index is 12.9. The summed E-state index contributed by atoms with van der Waals surface area (Å²) in [6.07, 6.45) is 2.77. The van der Waals surface area contributed by atoms with Crippen LogP contribution in [0.15, 0.2) is 113 Å². The molecule has 1 amide bonds. The van der Waals surface area contributed by atoms with Gasteiger partial charge in [0, 0.05) is 17.9 Å². The van der Waals surface area contributed by atoms with Crippen LogP contribution in [-0.2, 0) is 4.79 Å². The molecule has 2 heterocycles. The first-order chi connectivity index (χ1) is 18.2. The summed E-state index contributed by atoms with van der Waals surface area (Å²) in [5.41, 5.74) is 4.28. The maximum Gasteiger partial charge on any atom is 0.220 e. The summed E-state index contributed by atoms with van der Waals surface area (Å²) in [6.45, 7) is 2.06. The minimum Gasteiger partial charge on any atom is -0.461 e. The largest absolute Gasteiger partial charge is 0.461 e. The minimum atomic E-state index is -0.178. The maximum atomic E-state index is 12.9. The van der Waals surface area contributed by atoms with Crippen LogP contribution in [0.5, 0.6) is 0 Å². The van der Waals surface area contributed by atoms with Gasteiger partial charge in [-0.05, 0) is 48.7 Å². The van der Waals surface area contributed by atoms with Gasteiger partial charge in [0.1, 0.15) is 0 Å². The van der Waals surface area contributed by atoms with Crippen molar-refractivity contribution in [3.05, 3.63) is 120 Å². The van der Waals surface area contributed by atoms with Gasteiger partial charge >= 0.3 is 0 Å². The summed E-state index contributed by atoms with van der Waals surface area (Å²) in [5.74, 6) is 2.07. The van der Waals surface area contributed by atoms with Gasteiger partial charge in [-0.3, -0.25) is 9.36 Å². The van der Waals surface area contributed by atoms with E-state index in [4.69, 9.17) is 4.42 Å². The Labute approximate surface area is 220 Å². The minimum absolute atomic E-state index is 0.0228. The van der Waals surface area contributed by atoms with Gasteiger partial charge in [-0.25, -0.2) is 0 Å². The molecule has 5 aromatic rings. The molecular weight excluding hydrogens is 480 g/mol. The number of hydrogen-bond donors (Lipinski definition) is 1. The highest BCUT2D eigenvalue weighted by Gasteiger charge is 2.19. The van der Waals surface area contributed by atoms with E-state index < -0.39 is 0 Å². The fourth-order valence-electron chi connectivity index (χ4n) is 4.13. The number of rotatable bonds is 10. The van der Waals surface area contributed by atoms with Gasteiger partial charge in [0.2, 0.25) is 11.7 Å². The number of amides is 1. The highest BCUT2D eigenvalue weighted by Crippen LogP contribution is 2.29. The number of benzene rings is 3. The Balaban J connectivity index is 1.24. The number of carbonyl (C=O) groups excluding carboxylic acids is 1. The monoisotopic (exact) mass is 508 g/mol. The second kappa shape index (κ2) is 11.8. The second-order valence-electron chi connectivity index (χ2n) is 8.73. The number of aromatic nitrogens is 3. The van der Waals surface area contributed by atoms with Crippen LogP contribution in [0.4, 0.5) is 0 Å². The molecule has 6 nitrogen and oxygen atoms in total. The van der Waals surface area contributed by atoms with Gasteiger partial charge in [0.05, 0.1) is 12.3 Å². The summed E-state index contributed by atoms with van der Waals surface area (Å²) in [4.78, 5) is 12.9. The van der Waals surface area contributed by atoms with E-state index in [9.17, 15) is 4.79 Å². The number of hydrogen-bond acceptors (Lipinski definition) is 5. The highest BCUT2D eigenvalue weighted by molar-refractivity contribution is 7.99. The van der Waals surface area contributed by atoms with E-state index in [-0.39, 0.29) is 11.9 Å². The average Bonchev–Trinajstić information content (AvgIpc) is 3.62. The zero-order chi connectivity index (χ0) is 25.5. The van der Waals surface area contributed by atoms with Crippen LogP contribution in [0.3, 0.4) is 0 Å². The second-order valence-corrected chi connectivity index (χ2v) is 9.79. The van der Waals surface area contributed by atoms with Crippen LogP contribution in [-0.4, -0.2) is 26.4 Å². The predicted molar refractivity (Wildman–Crippen MR) is 147 cm³/mol. The zero-order valence-electron chi connectivity index (χ0n) is 20.6. The summed E-state index contributed by atoms with van der Waals surface area (Å²) in [7, 11) is 0. The van der Waals surface area contributed by atoms with E-state index in [2.05, 4.69) is 46.7 Å². The van der Waals surface area contributed by atoms with Crippen molar-refractivity contribution in [2.75, 3.05) is 5.75 Å². The van der Waals surface area contributed by atoms with Crippen LogP contribution in [0.25, 0.3) is 17.3 Å². The third-order valence-corrected chi connectivity index (χ3v) is 7.03. The molecule has 7 heteroatoms. The van der Waals surface area contributed by atoms with Crippen molar-refractivity contribution in [3.63, 3.8) is 0 Å². The molecule has 0 bridgehead atoms. The van der Waals surface area contributed by atoms with Crippen LogP contribution in [0.1, 0.15) is 35.6 Å². The van der Waals surface area contributed by atoms with Crippen molar-refractivity contribution in [2.45, 2.75) is 31.0 Å². The standard InChI is InChI=1S/C30H28N4O2S/c1-22-16-18-25(19-17-22)34-29(26-14-8-20-36-26)32-33-30(34)37-21-9-15-27(35)31-28(23-10-4-2-5-11-23)24-12-6-3-7-13-24/h2-8,10-14,16-20,28H,9,15,21H2,1H3,(H,31,35). The normalized spacial score (nSPS) is 11.1. The van der Waals surface area contributed by atoms with Crippen LogP contribution < -0.4 is 5.32 Å². The van der Waals surface area contributed by atoms with E-state index in [0.29, 0.717) is 24.4 Å². The molecule has 0 spiro atoms. The molecule has 5 rings (SSSR count). The van der Waals surface area contributed by atoms with Crippen molar-refractivity contribution in [1.82, 2.24) is 20.1 Å². The first-order valence-electron chi connectivity index (χ1n) is 12.3. The molecule has 37 heavy (non-hydrogen) atoms. The number of furan rings is 1. The number of carbonyl (C=O) groups is 1. The van der Waals surface area contributed by atoms with Crippen LogP contribution in [0.2, 0.25) is 0 Å². The van der Waals surface area contributed by atoms with Gasteiger partial charge < -0.3 is 9.73 Å². The van der Waals surface area contributed by atoms with Crippen molar-refractivity contribution in [2.24, 2.45) is 0 Å². The highest BCUT2D eigenvalue weighted by atomic mass is 32.2. The molecule has 0 aliphatic carbocycles. The molecule has 0 saturated carbocycles. The van der Waals surface area contributed by atoms with Gasteiger partial charge in [-0.2, -0.15) is 0 Å². The van der Waals surface area contributed by atoms with E-state index >= 15 is 0 Å². The molecular formula is C30H28N4O2S. The summed E-state index contributed by atoms with van der Waals surface area (Å²) in [5, 5.41) is 12.8. The van der Waals surface area contributed by atoms with Crippen LogP contribution in [0, 0.1) is 6.92 Å². The summed E-state index contributed by atoms with van der Waals surface area (Å²) < 4.78 is 7.60. The molecule has 0 radical (unpaired) electrons. The van der Waals surface area contributed by atoms with Crippen molar-refractivity contribution >= 4 is 17.7 Å². The Bertz CT molecular complexity index is 1380. The molecule has 0 unspecified atom stereocenters. The van der Waals surface area contributed by atoms with Gasteiger partial charge in [-0.1, -0.05) is 90.1 Å². The molecule has 186 valence electrons. The van der Waals surface area contributed by atoms with Crippen molar-refractivity contribution in [3.8, 4) is 17.3 Å².